The number of carboxylic acid groups (broad SMARTS) is 1. The lowest BCUT2D eigenvalue weighted by Crippen LogP contribution is -2.10. The molecule has 13 heteroatoms. The molecule has 10 rings (SSSR count). The van der Waals surface area contributed by atoms with Crippen LogP contribution in [0.1, 0.15) is 103 Å². The van der Waals surface area contributed by atoms with Crippen molar-refractivity contribution in [2.24, 2.45) is 0 Å². The van der Waals surface area contributed by atoms with Gasteiger partial charge in [0, 0.05) is 38.6 Å². The molecular weight excluding hydrogens is 1040 g/mol. The van der Waals surface area contributed by atoms with Crippen molar-refractivity contribution < 1.29 is 62.5 Å². The number of carboxylic acids is 1. The van der Waals surface area contributed by atoms with Crippen LogP contribution in [0, 0.1) is 0 Å². The summed E-state index contributed by atoms with van der Waals surface area (Å²) in [6, 6.07) is 51.1. The molecule has 428 valence electrons. The first-order valence-corrected chi connectivity index (χ1v) is 27.1. The van der Waals surface area contributed by atoms with Crippen molar-refractivity contribution in [1.82, 2.24) is 0 Å². The van der Waals surface area contributed by atoms with Gasteiger partial charge in [-0.3, -0.25) is 0 Å². The van der Waals surface area contributed by atoms with E-state index in [4.69, 9.17) is 38.3 Å². The van der Waals surface area contributed by atoms with Crippen LogP contribution in [-0.2, 0) is 45.1 Å². The summed E-state index contributed by atoms with van der Waals surface area (Å²) in [6.45, 7) is 15.9. The van der Waals surface area contributed by atoms with Gasteiger partial charge in [0.05, 0.1) is 11.1 Å². The Morgan fingerprint density at radius 2 is 0.902 bits per heavy atom. The van der Waals surface area contributed by atoms with Gasteiger partial charge in [0.15, 0.2) is 0 Å². The average Bonchev–Trinajstić information content (AvgIpc) is 4.41. The van der Waals surface area contributed by atoms with E-state index in [0.29, 0.717) is 41.8 Å². The van der Waals surface area contributed by atoms with Crippen LogP contribution in [0.2, 0.25) is 0 Å². The molecular formula is C69H74O13. The SMILES string of the molecule is C.C1CCOC1.C1CCOC1.C=CC(=O)Oc1ccc2cc(C(=O)O)ccc2c1.C=CC(=O)Oc1ccc2cc(C(=O)Oc3ccc(OCc4ccccc4)cc3CCC)ccc2c1.CCCc1cc(OCc2ccccc2)ccc1O. The molecule has 8 aromatic rings. The molecule has 0 radical (unpaired) electrons. The molecule has 13 nitrogen and oxygen atoms in total. The lowest BCUT2D eigenvalue weighted by Gasteiger charge is -2.13. The van der Waals surface area contributed by atoms with E-state index < -0.39 is 23.9 Å². The number of phenols is 1. The van der Waals surface area contributed by atoms with Gasteiger partial charge in [-0.05, 0) is 167 Å². The highest BCUT2D eigenvalue weighted by Gasteiger charge is 2.15. The first-order chi connectivity index (χ1) is 39.4. The third-order valence-electron chi connectivity index (χ3n) is 12.4. The first kappa shape index (κ1) is 63.8. The Hall–Kier alpha value is -9.04. The first-order valence-electron chi connectivity index (χ1n) is 27.1. The van der Waals surface area contributed by atoms with Gasteiger partial charge in [-0.1, -0.05) is 132 Å². The number of fused-ring (bicyclic) bond motifs is 2. The smallest absolute Gasteiger partial charge is 0.343 e. The molecule has 0 aromatic heterocycles. The number of carbonyl (C=O) groups excluding carboxylic acids is 3. The Bertz CT molecular complexity index is 3280. The molecule has 2 aliphatic heterocycles. The molecule has 0 saturated carbocycles. The number of aromatic hydroxyl groups is 1. The summed E-state index contributed by atoms with van der Waals surface area (Å²) in [7, 11) is 0. The number of ether oxygens (including phenoxy) is 7. The number of phenolic OH excluding ortho intramolecular Hbond substituents is 1. The molecule has 2 aliphatic rings. The summed E-state index contributed by atoms with van der Waals surface area (Å²) in [6.07, 6.45) is 10.8. The fourth-order valence-corrected chi connectivity index (χ4v) is 8.14. The van der Waals surface area contributed by atoms with E-state index >= 15 is 0 Å². The molecule has 0 amide bonds. The van der Waals surface area contributed by atoms with Gasteiger partial charge in [-0.15, -0.1) is 0 Å². The van der Waals surface area contributed by atoms with Crippen molar-refractivity contribution >= 4 is 45.4 Å². The van der Waals surface area contributed by atoms with Crippen LogP contribution in [0.4, 0.5) is 0 Å². The zero-order valence-electron chi connectivity index (χ0n) is 46.0. The number of rotatable bonds is 17. The van der Waals surface area contributed by atoms with E-state index in [1.54, 1.807) is 84.9 Å². The molecule has 0 aliphatic carbocycles. The Morgan fingerprint density at radius 1 is 0.488 bits per heavy atom. The van der Waals surface area contributed by atoms with E-state index in [2.05, 4.69) is 27.0 Å². The average molecular weight is 1110 g/mol. The van der Waals surface area contributed by atoms with E-state index in [0.717, 1.165) is 120 Å². The molecule has 0 atom stereocenters. The van der Waals surface area contributed by atoms with Gasteiger partial charge < -0.3 is 43.4 Å². The van der Waals surface area contributed by atoms with Crippen molar-refractivity contribution in [2.45, 2.75) is 85.9 Å². The van der Waals surface area contributed by atoms with E-state index in [1.807, 2.05) is 78.9 Å². The van der Waals surface area contributed by atoms with Crippen molar-refractivity contribution in [3.05, 3.63) is 229 Å². The second kappa shape index (κ2) is 34.9. The van der Waals surface area contributed by atoms with Gasteiger partial charge in [-0.2, -0.15) is 0 Å². The zero-order valence-corrected chi connectivity index (χ0v) is 46.0. The highest BCUT2D eigenvalue weighted by molar-refractivity contribution is 5.97. The number of carbonyl (C=O) groups is 4. The number of aromatic carboxylic acids is 1. The van der Waals surface area contributed by atoms with Crippen molar-refractivity contribution in [3.8, 4) is 34.5 Å². The Kier molecular flexibility index (Phi) is 27.1. The summed E-state index contributed by atoms with van der Waals surface area (Å²) >= 11 is 0. The second-order valence-electron chi connectivity index (χ2n) is 18.6. The Labute approximate surface area is 481 Å². The highest BCUT2D eigenvalue weighted by Crippen LogP contribution is 2.29. The number of benzene rings is 8. The lowest BCUT2D eigenvalue weighted by atomic mass is 10.1. The van der Waals surface area contributed by atoms with Crippen LogP contribution in [0.25, 0.3) is 21.5 Å². The van der Waals surface area contributed by atoms with E-state index in [1.165, 1.54) is 31.7 Å². The molecule has 0 spiro atoms. The van der Waals surface area contributed by atoms with Gasteiger partial charge in [-0.25, -0.2) is 19.2 Å². The van der Waals surface area contributed by atoms with Crippen LogP contribution in [0.3, 0.4) is 0 Å². The van der Waals surface area contributed by atoms with Crippen LogP contribution >= 0.6 is 0 Å². The second-order valence-corrected chi connectivity index (χ2v) is 18.6. The van der Waals surface area contributed by atoms with E-state index in [-0.39, 0.29) is 13.0 Å². The molecule has 0 bridgehead atoms. The summed E-state index contributed by atoms with van der Waals surface area (Å²) in [5, 5.41) is 21.8. The topological polar surface area (TPSA) is 173 Å². The fraction of sp³-hybridized carbons (Fsp3) is 0.246. The third-order valence-corrected chi connectivity index (χ3v) is 12.4. The molecule has 82 heavy (non-hydrogen) atoms. The van der Waals surface area contributed by atoms with Gasteiger partial charge in [0.1, 0.15) is 47.7 Å². The fourth-order valence-electron chi connectivity index (χ4n) is 8.14. The van der Waals surface area contributed by atoms with Crippen LogP contribution in [0.5, 0.6) is 34.5 Å². The molecule has 2 saturated heterocycles. The number of hydrogen-bond donors (Lipinski definition) is 2. The minimum absolute atomic E-state index is 0. The van der Waals surface area contributed by atoms with Crippen LogP contribution in [0.15, 0.2) is 195 Å². The monoisotopic (exact) mass is 1110 g/mol. The lowest BCUT2D eigenvalue weighted by molar-refractivity contribution is -0.129. The molecule has 2 heterocycles. The predicted octanol–water partition coefficient (Wildman–Crippen LogP) is 15.5. The van der Waals surface area contributed by atoms with Gasteiger partial charge >= 0.3 is 23.9 Å². The third kappa shape index (κ3) is 21.5. The Morgan fingerprint density at radius 3 is 1.35 bits per heavy atom. The van der Waals surface area contributed by atoms with Crippen molar-refractivity contribution in [3.63, 3.8) is 0 Å². The largest absolute Gasteiger partial charge is 0.508 e. The quantitative estimate of drug-likeness (QED) is 0.0501. The van der Waals surface area contributed by atoms with Crippen molar-refractivity contribution in [1.29, 1.82) is 0 Å². The predicted molar refractivity (Wildman–Crippen MR) is 322 cm³/mol. The van der Waals surface area contributed by atoms with Crippen LogP contribution in [-0.4, -0.2) is 60.5 Å². The van der Waals surface area contributed by atoms with Gasteiger partial charge in [0.25, 0.3) is 0 Å². The maximum absolute atomic E-state index is 12.9. The number of esters is 3. The minimum atomic E-state index is -0.973. The normalized spacial score (nSPS) is 11.9. The summed E-state index contributed by atoms with van der Waals surface area (Å²) in [4.78, 5) is 46.2. The maximum Gasteiger partial charge on any atom is 0.343 e. The summed E-state index contributed by atoms with van der Waals surface area (Å²) < 4.78 is 37.4. The minimum Gasteiger partial charge on any atom is -0.508 e. The molecule has 2 N–H and O–H groups in total. The van der Waals surface area contributed by atoms with Crippen molar-refractivity contribution in [2.75, 3.05) is 26.4 Å². The molecule has 8 aromatic carbocycles. The molecule has 2 fully saturated rings. The molecule has 0 unspecified atom stereocenters. The zero-order chi connectivity index (χ0) is 57.6. The summed E-state index contributed by atoms with van der Waals surface area (Å²) in [5.74, 6) is 0.756. The van der Waals surface area contributed by atoms with E-state index in [9.17, 15) is 24.3 Å². The number of aryl methyl sites for hydroxylation is 2. The summed E-state index contributed by atoms with van der Waals surface area (Å²) in [5.41, 5.74) is 4.74. The highest BCUT2D eigenvalue weighted by atomic mass is 16.5. The standard InChI is InChI=1S/C30H26O5.C16H18O2.C14H10O4.2C4H8O.CH4/c1-3-8-24-19-26(33-20-21-9-6-5-7-10-21)15-16-28(24)35-30(32)25-12-11-23-18-27(34-29(31)4-2)14-13-22(23)17-25;1-2-6-14-11-15(9-10-16(14)17)18-12-13-7-4-3-5-8-13;1-2-13(15)18-12-6-5-9-7-11(14(16)17)4-3-10(9)8-12;2*1-2-4-5-3-1;/h4-7,9-19H,2-3,8,20H2,1H3;3-5,7-11,17H,2,6,12H2,1H3;2-8H,1H2,(H,16,17);2*1-4H2;1H4. The van der Waals surface area contributed by atoms with Gasteiger partial charge in [0.2, 0.25) is 0 Å². The number of hydrogen-bond acceptors (Lipinski definition) is 12. The van der Waals surface area contributed by atoms with Crippen LogP contribution < -0.4 is 23.7 Å². The Balaban J connectivity index is 0.000000220. The maximum atomic E-state index is 12.9.